The maximum atomic E-state index is 12.6. The topological polar surface area (TPSA) is 99.2 Å². The van der Waals surface area contributed by atoms with Crippen LogP contribution in [0.4, 0.5) is 0 Å². The minimum atomic E-state index is -1.09. The molecule has 7 nitrogen and oxygen atoms in total. The van der Waals surface area contributed by atoms with Crippen LogP contribution in [0.2, 0.25) is 0 Å². The third-order valence-electron chi connectivity index (χ3n) is 4.45. The summed E-state index contributed by atoms with van der Waals surface area (Å²) in [6, 6.07) is 0. The zero-order valence-corrected chi connectivity index (χ0v) is 12.1. The van der Waals surface area contributed by atoms with Crippen molar-refractivity contribution in [3.63, 3.8) is 0 Å². The molecule has 1 saturated carbocycles. The number of rotatable bonds is 5. The Morgan fingerprint density at radius 1 is 1.48 bits per heavy atom. The minimum absolute atomic E-state index is 0.0977. The predicted molar refractivity (Wildman–Crippen MR) is 73.9 cm³/mol. The molecule has 1 atom stereocenters. The van der Waals surface area contributed by atoms with Gasteiger partial charge in [-0.25, -0.2) is 9.78 Å². The molecule has 2 aliphatic rings. The van der Waals surface area contributed by atoms with E-state index < -0.39 is 11.5 Å². The first-order valence-corrected chi connectivity index (χ1v) is 7.56. The molecular weight excluding hydrogens is 272 g/mol. The van der Waals surface area contributed by atoms with Gasteiger partial charge in [-0.3, -0.25) is 9.89 Å². The van der Waals surface area contributed by atoms with E-state index in [0.717, 1.165) is 25.1 Å². The highest BCUT2D eigenvalue weighted by atomic mass is 16.4. The molecule has 7 heteroatoms. The second kappa shape index (κ2) is 5.13. The number of carboxylic acids is 1. The van der Waals surface area contributed by atoms with Crippen LogP contribution in [0.3, 0.4) is 0 Å². The van der Waals surface area contributed by atoms with Crippen LogP contribution in [-0.4, -0.2) is 49.1 Å². The lowest BCUT2D eigenvalue weighted by atomic mass is 9.90. The molecule has 0 radical (unpaired) electrons. The fourth-order valence-corrected chi connectivity index (χ4v) is 3.21. The van der Waals surface area contributed by atoms with E-state index in [0.29, 0.717) is 31.7 Å². The van der Waals surface area contributed by atoms with E-state index in [1.165, 1.54) is 4.90 Å². The molecule has 1 amide bonds. The van der Waals surface area contributed by atoms with Gasteiger partial charge < -0.3 is 10.0 Å². The fourth-order valence-electron chi connectivity index (χ4n) is 3.21. The molecule has 1 aromatic heterocycles. The lowest BCUT2D eigenvalue weighted by Crippen LogP contribution is -2.53. The van der Waals surface area contributed by atoms with Gasteiger partial charge >= 0.3 is 5.97 Å². The van der Waals surface area contributed by atoms with Gasteiger partial charge in [-0.2, -0.15) is 0 Å². The van der Waals surface area contributed by atoms with E-state index in [1.807, 2.05) is 6.92 Å². The molecule has 1 aliphatic carbocycles. The lowest BCUT2D eigenvalue weighted by molar-refractivity contribution is -0.148. The molecule has 2 heterocycles. The number of nitrogens with one attached hydrogen (secondary N) is 1. The quantitative estimate of drug-likeness (QED) is 0.857. The summed E-state index contributed by atoms with van der Waals surface area (Å²) in [4.78, 5) is 30.1. The van der Waals surface area contributed by atoms with E-state index in [-0.39, 0.29) is 11.7 Å². The first kappa shape index (κ1) is 14.0. The summed E-state index contributed by atoms with van der Waals surface area (Å²) in [5, 5.41) is 16.4. The molecule has 1 aromatic rings. The molecule has 1 saturated heterocycles. The summed E-state index contributed by atoms with van der Waals surface area (Å²) in [5.74, 6) is -0.0633. The van der Waals surface area contributed by atoms with Crippen molar-refractivity contribution in [3.05, 3.63) is 11.6 Å². The Morgan fingerprint density at radius 3 is 2.86 bits per heavy atom. The van der Waals surface area contributed by atoms with Gasteiger partial charge in [-0.15, -0.1) is 5.10 Å². The van der Waals surface area contributed by atoms with Gasteiger partial charge in [0.1, 0.15) is 11.4 Å². The van der Waals surface area contributed by atoms with Gasteiger partial charge in [0.2, 0.25) is 5.82 Å². The van der Waals surface area contributed by atoms with Gasteiger partial charge in [0.15, 0.2) is 0 Å². The largest absolute Gasteiger partial charge is 0.479 e. The van der Waals surface area contributed by atoms with Crippen molar-refractivity contribution in [3.8, 4) is 0 Å². The molecule has 3 rings (SSSR count). The fraction of sp³-hybridized carbons (Fsp3) is 0.714. The second-order valence-corrected chi connectivity index (χ2v) is 5.97. The molecule has 0 aromatic carbocycles. The second-order valence-electron chi connectivity index (χ2n) is 5.97. The Morgan fingerprint density at radius 2 is 2.24 bits per heavy atom. The van der Waals surface area contributed by atoms with E-state index in [9.17, 15) is 14.7 Å². The number of aromatic amines is 1. The predicted octanol–water partition coefficient (Wildman–Crippen LogP) is 1.54. The van der Waals surface area contributed by atoms with Crippen LogP contribution >= 0.6 is 0 Å². The summed E-state index contributed by atoms with van der Waals surface area (Å²) < 4.78 is 0. The van der Waals surface area contributed by atoms with Crippen molar-refractivity contribution in [1.29, 1.82) is 0 Å². The van der Waals surface area contributed by atoms with E-state index >= 15 is 0 Å². The average molecular weight is 292 g/mol. The Balaban J connectivity index is 1.85. The monoisotopic (exact) mass is 292 g/mol. The molecule has 0 spiro atoms. The number of carboxylic acid groups (broad SMARTS) is 1. The van der Waals surface area contributed by atoms with Crippen molar-refractivity contribution >= 4 is 11.9 Å². The first-order valence-electron chi connectivity index (χ1n) is 7.56. The summed E-state index contributed by atoms with van der Waals surface area (Å²) in [7, 11) is 0. The number of H-pyrrole nitrogens is 1. The summed E-state index contributed by atoms with van der Waals surface area (Å²) in [6.07, 6.45) is 4.54. The normalized spacial score (nSPS) is 25.3. The highest BCUT2D eigenvalue weighted by Gasteiger charge is 2.50. The highest BCUT2D eigenvalue weighted by molar-refractivity contribution is 5.95. The SMILES string of the molecule is CCCC1(C(=O)O)CCCN1C(=O)c1n[nH]c(C2CC2)n1. The summed E-state index contributed by atoms with van der Waals surface area (Å²) in [5.41, 5.74) is -1.09. The van der Waals surface area contributed by atoms with Crippen LogP contribution < -0.4 is 0 Å². The number of aromatic nitrogens is 3. The molecule has 2 N–H and O–H groups in total. The van der Waals surface area contributed by atoms with Crippen LogP contribution in [0.15, 0.2) is 0 Å². The summed E-state index contributed by atoms with van der Waals surface area (Å²) >= 11 is 0. The Bertz CT molecular complexity index is 566. The standard InChI is InChI=1S/C14H20N4O3/c1-2-6-14(13(20)21)7-3-8-18(14)12(19)11-15-10(16-17-11)9-4-5-9/h9H,2-8H2,1H3,(H,20,21)(H,15,16,17). The number of hydrogen-bond donors (Lipinski definition) is 2. The number of likely N-dealkylation sites (tertiary alicyclic amines) is 1. The van der Waals surface area contributed by atoms with Crippen LogP contribution in [-0.2, 0) is 4.79 Å². The maximum Gasteiger partial charge on any atom is 0.329 e. The van der Waals surface area contributed by atoms with E-state index in [2.05, 4.69) is 15.2 Å². The molecule has 0 bridgehead atoms. The molecule has 1 aliphatic heterocycles. The van der Waals surface area contributed by atoms with Crippen LogP contribution in [0.1, 0.15) is 67.8 Å². The Hall–Kier alpha value is -1.92. The molecule has 21 heavy (non-hydrogen) atoms. The van der Waals surface area contributed by atoms with Crippen molar-refractivity contribution in [2.45, 2.75) is 56.9 Å². The van der Waals surface area contributed by atoms with Crippen LogP contribution in [0.25, 0.3) is 0 Å². The number of amides is 1. The van der Waals surface area contributed by atoms with Gasteiger partial charge in [0.05, 0.1) is 0 Å². The third kappa shape index (κ3) is 2.30. The zero-order valence-electron chi connectivity index (χ0n) is 12.1. The number of carbonyl (C=O) groups is 2. The zero-order chi connectivity index (χ0) is 15.0. The first-order chi connectivity index (χ1) is 10.1. The number of aliphatic carboxylic acids is 1. The third-order valence-corrected chi connectivity index (χ3v) is 4.45. The number of nitrogens with zero attached hydrogens (tertiary/aromatic N) is 3. The summed E-state index contributed by atoms with van der Waals surface area (Å²) in [6.45, 7) is 2.39. The molecule has 1 unspecified atom stereocenters. The molecular formula is C14H20N4O3. The molecule has 2 fully saturated rings. The number of hydrogen-bond acceptors (Lipinski definition) is 4. The van der Waals surface area contributed by atoms with E-state index in [4.69, 9.17) is 0 Å². The Labute approximate surface area is 122 Å². The van der Waals surface area contributed by atoms with Gasteiger partial charge in [-0.05, 0) is 32.1 Å². The Kier molecular flexibility index (Phi) is 3.43. The molecule has 114 valence electrons. The van der Waals surface area contributed by atoms with Crippen LogP contribution in [0.5, 0.6) is 0 Å². The van der Waals surface area contributed by atoms with Crippen molar-refractivity contribution in [2.24, 2.45) is 0 Å². The van der Waals surface area contributed by atoms with Crippen molar-refractivity contribution in [2.75, 3.05) is 6.54 Å². The minimum Gasteiger partial charge on any atom is -0.479 e. The van der Waals surface area contributed by atoms with Gasteiger partial charge in [-0.1, -0.05) is 13.3 Å². The smallest absolute Gasteiger partial charge is 0.329 e. The average Bonchev–Trinajstić information content (AvgIpc) is 3.03. The van der Waals surface area contributed by atoms with Gasteiger partial charge in [0.25, 0.3) is 5.91 Å². The number of carbonyl (C=O) groups excluding carboxylic acids is 1. The van der Waals surface area contributed by atoms with Crippen molar-refractivity contribution in [1.82, 2.24) is 20.1 Å². The lowest BCUT2D eigenvalue weighted by Gasteiger charge is -2.33. The van der Waals surface area contributed by atoms with Crippen molar-refractivity contribution < 1.29 is 14.7 Å². The van der Waals surface area contributed by atoms with Gasteiger partial charge in [0, 0.05) is 12.5 Å². The maximum absolute atomic E-state index is 12.6. The highest BCUT2D eigenvalue weighted by Crippen LogP contribution is 2.38. The van der Waals surface area contributed by atoms with E-state index in [1.54, 1.807) is 0 Å². The van der Waals surface area contributed by atoms with Crippen LogP contribution in [0, 0.1) is 0 Å².